The molecule has 0 aliphatic carbocycles. The number of hydrogen-bond acceptors (Lipinski definition) is 6. The predicted octanol–water partition coefficient (Wildman–Crippen LogP) is 1.44. The van der Waals surface area contributed by atoms with E-state index in [9.17, 15) is 14.4 Å². The minimum Gasteiger partial charge on any atom is -0.465 e. The molecule has 8 nitrogen and oxygen atoms in total. The van der Waals surface area contributed by atoms with E-state index in [1.807, 2.05) is 20.8 Å². The molecule has 2 heterocycles. The van der Waals surface area contributed by atoms with E-state index < -0.39 is 16.5 Å². The number of aromatic amines is 1. The molecule has 1 unspecified atom stereocenters. The van der Waals surface area contributed by atoms with Crippen molar-refractivity contribution in [1.82, 2.24) is 19.1 Å². The fraction of sp³-hybridized carbons (Fsp3) is 0.600. The number of hydrogen-bond donors (Lipinski definition) is 1. The lowest BCUT2D eigenvalue weighted by atomic mass is 10.3. The first-order valence-electron chi connectivity index (χ1n) is 7.86. The van der Waals surface area contributed by atoms with E-state index in [4.69, 9.17) is 4.74 Å². The van der Waals surface area contributed by atoms with Gasteiger partial charge in [-0.1, -0.05) is 18.7 Å². The van der Waals surface area contributed by atoms with Crippen molar-refractivity contribution in [3.8, 4) is 0 Å². The molecule has 0 spiro atoms. The van der Waals surface area contributed by atoms with E-state index in [0.717, 1.165) is 0 Å². The highest BCUT2D eigenvalue weighted by atomic mass is 32.2. The van der Waals surface area contributed by atoms with Crippen LogP contribution in [0.4, 0.5) is 0 Å². The Hall–Kier alpha value is -2.03. The first-order chi connectivity index (χ1) is 11.3. The molecular formula is C15H22N4O4S. The van der Waals surface area contributed by atoms with Crippen molar-refractivity contribution in [3.05, 3.63) is 20.8 Å². The summed E-state index contributed by atoms with van der Waals surface area (Å²) < 4.78 is 8.13. The van der Waals surface area contributed by atoms with Gasteiger partial charge in [-0.05, 0) is 27.2 Å². The number of fused-ring (bicyclic) bond motifs is 1. The summed E-state index contributed by atoms with van der Waals surface area (Å²) in [4.78, 5) is 42.8. The van der Waals surface area contributed by atoms with Gasteiger partial charge < -0.3 is 9.30 Å². The summed E-state index contributed by atoms with van der Waals surface area (Å²) >= 11 is 1.25. The van der Waals surface area contributed by atoms with Crippen LogP contribution in [-0.2, 0) is 16.6 Å². The topological polar surface area (TPSA) is 99.0 Å². The standard InChI is InChI=1S/C15H22N4O4S/c1-6-9(13(21)23-7-2)24-15-16-11-10(19(15)8(3)4)12(20)17-14(22)18(11)5/h8-9H,6-7H2,1-5H3,(H,17,20,22). The quantitative estimate of drug-likeness (QED) is 0.622. The average molecular weight is 354 g/mol. The number of H-pyrrole nitrogens is 1. The highest BCUT2D eigenvalue weighted by Crippen LogP contribution is 2.30. The lowest BCUT2D eigenvalue weighted by molar-refractivity contribution is -0.142. The number of carbonyl (C=O) groups is 1. The molecule has 0 radical (unpaired) electrons. The molecule has 9 heteroatoms. The van der Waals surface area contributed by atoms with Crippen LogP contribution in [0.25, 0.3) is 11.2 Å². The molecular weight excluding hydrogens is 332 g/mol. The van der Waals surface area contributed by atoms with Crippen molar-refractivity contribution in [1.29, 1.82) is 0 Å². The predicted molar refractivity (Wildman–Crippen MR) is 92.5 cm³/mol. The maximum absolute atomic E-state index is 12.3. The Morgan fingerprint density at radius 2 is 2.00 bits per heavy atom. The molecule has 2 rings (SSSR count). The summed E-state index contributed by atoms with van der Waals surface area (Å²) in [5, 5.41) is 0.0991. The monoisotopic (exact) mass is 354 g/mol. The van der Waals surface area contributed by atoms with E-state index in [0.29, 0.717) is 29.3 Å². The van der Waals surface area contributed by atoms with E-state index in [1.165, 1.54) is 16.3 Å². The number of nitrogens with zero attached hydrogens (tertiary/aromatic N) is 3. The molecule has 1 N–H and O–H groups in total. The van der Waals surface area contributed by atoms with Gasteiger partial charge in [0.1, 0.15) is 5.25 Å². The number of aryl methyl sites for hydroxylation is 1. The smallest absolute Gasteiger partial charge is 0.329 e. The summed E-state index contributed by atoms with van der Waals surface area (Å²) in [6.07, 6.45) is 0.570. The number of thioether (sulfide) groups is 1. The zero-order valence-electron chi connectivity index (χ0n) is 14.5. The van der Waals surface area contributed by atoms with E-state index in [-0.39, 0.29) is 12.0 Å². The van der Waals surface area contributed by atoms with Crippen LogP contribution in [0, 0.1) is 0 Å². The number of aromatic nitrogens is 4. The Bertz CT molecular complexity index is 865. The molecule has 0 aliphatic rings. The Morgan fingerprint density at radius 1 is 1.33 bits per heavy atom. The molecule has 0 saturated carbocycles. The normalized spacial score (nSPS) is 12.8. The molecule has 24 heavy (non-hydrogen) atoms. The van der Waals surface area contributed by atoms with E-state index >= 15 is 0 Å². The largest absolute Gasteiger partial charge is 0.465 e. The molecule has 0 aliphatic heterocycles. The van der Waals surface area contributed by atoms with Gasteiger partial charge in [-0.15, -0.1) is 0 Å². The van der Waals surface area contributed by atoms with Gasteiger partial charge in [0, 0.05) is 13.1 Å². The zero-order chi connectivity index (χ0) is 18.0. The zero-order valence-corrected chi connectivity index (χ0v) is 15.3. The number of rotatable bonds is 6. The van der Waals surface area contributed by atoms with Crippen LogP contribution in [0.2, 0.25) is 0 Å². The third-order valence-corrected chi connectivity index (χ3v) is 4.91. The van der Waals surface area contributed by atoms with Crippen molar-refractivity contribution < 1.29 is 9.53 Å². The number of esters is 1. The molecule has 0 saturated heterocycles. The van der Waals surface area contributed by atoms with Gasteiger partial charge in [0.2, 0.25) is 0 Å². The second-order valence-corrected chi connectivity index (χ2v) is 6.79. The van der Waals surface area contributed by atoms with Gasteiger partial charge in [-0.2, -0.15) is 0 Å². The Balaban J connectivity index is 2.62. The van der Waals surface area contributed by atoms with Gasteiger partial charge in [-0.3, -0.25) is 19.1 Å². The third kappa shape index (κ3) is 3.26. The maximum atomic E-state index is 12.3. The van der Waals surface area contributed by atoms with Crippen LogP contribution in [0.1, 0.15) is 40.2 Å². The fourth-order valence-corrected chi connectivity index (χ4v) is 3.54. The van der Waals surface area contributed by atoms with Gasteiger partial charge in [0.25, 0.3) is 5.56 Å². The second kappa shape index (κ2) is 7.25. The SMILES string of the molecule is CCOC(=O)C(CC)Sc1nc2c(c(=O)[nH]c(=O)n2C)n1C(C)C. The second-order valence-electron chi connectivity index (χ2n) is 5.62. The van der Waals surface area contributed by atoms with Crippen molar-refractivity contribution in [2.75, 3.05) is 6.61 Å². The van der Waals surface area contributed by atoms with Gasteiger partial charge in [0.05, 0.1) is 6.61 Å². The first-order valence-corrected chi connectivity index (χ1v) is 8.74. The van der Waals surface area contributed by atoms with Crippen LogP contribution in [0.5, 0.6) is 0 Å². The lowest BCUT2D eigenvalue weighted by Crippen LogP contribution is -2.29. The third-order valence-electron chi connectivity index (χ3n) is 3.60. The molecule has 0 fully saturated rings. The molecule has 2 aromatic rings. The van der Waals surface area contributed by atoms with Crippen molar-refractivity contribution in [3.63, 3.8) is 0 Å². The number of imidazole rings is 1. The maximum Gasteiger partial charge on any atom is 0.329 e. The number of ether oxygens (including phenoxy) is 1. The van der Waals surface area contributed by atoms with Crippen LogP contribution < -0.4 is 11.2 Å². The van der Waals surface area contributed by atoms with Gasteiger partial charge in [-0.25, -0.2) is 9.78 Å². The molecule has 0 aromatic carbocycles. The molecule has 0 amide bonds. The number of carbonyl (C=O) groups excluding carboxylic acids is 1. The van der Waals surface area contributed by atoms with Gasteiger partial charge >= 0.3 is 11.7 Å². The lowest BCUT2D eigenvalue weighted by Gasteiger charge is -2.16. The molecule has 132 valence electrons. The summed E-state index contributed by atoms with van der Waals surface area (Å²) in [7, 11) is 1.55. The van der Waals surface area contributed by atoms with Crippen LogP contribution in [0.15, 0.2) is 14.7 Å². The minimum atomic E-state index is -0.519. The summed E-state index contributed by atoms with van der Waals surface area (Å²) in [6.45, 7) is 7.79. The Labute approximate surface area is 143 Å². The summed E-state index contributed by atoms with van der Waals surface area (Å²) in [5.74, 6) is -0.310. The first kappa shape index (κ1) is 18.3. The van der Waals surface area contributed by atoms with Crippen LogP contribution >= 0.6 is 11.8 Å². The highest BCUT2D eigenvalue weighted by molar-refractivity contribution is 8.00. The summed E-state index contributed by atoms with van der Waals surface area (Å²) in [5.41, 5.74) is -0.368. The molecule has 1 atom stereocenters. The highest BCUT2D eigenvalue weighted by Gasteiger charge is 2.25. The number of nitrogens with one attached hydrogen (secondary N) is 1. The van der Waals surface area contributed by atoms with Crippen LogP contribution in [0.3, 0.4) is 0 Å². The van der Waals surface area contributed by atoms with Crippen molar-refractivity contribution in [2.24, 2.45) is 7.05 Å². The minimum absolute atomic E-state index is 0.0594. The van der Waals surface area contributed by atoms with E-state index in [1.54, 1.807) is 18.5 Å². The van der Waals surface area contributed by atoms with E-state index in [2.05, 4.69) is 9.97 Å². The molecule has 0 bridgehead atoms. The Kier molecular flexibility index (Phi) is 5.53. The van der Waals surface area contributed by atoms with Crippen molar-refractivity contribution in [2.45, 2.75) is 50.6 Å². The Morgan fingerprint density at radius 3 is 2.54 bits per heavy atom. The summed E-state index contributed by atoms with van der Waals surface area (Å²) in [6, 6.07) is -0.0594. The van der Waals surface area contributed by atoms with Crippen LogP contribution in [-0.4, -0.2) is 36.9 Å². The van der Waals surface area contributed by atoms with Crippen molar-refractivity contribution >= 4 is 28.9 Å². The average Bonchev–Trinajstić information content (AvgIpc) is 2.90. The van der Waals surface area contributed by atoms with Gasteiger partial charge in [0.15, 0.2) is 16.3 Å². The molecule has 2 aromatic heterocycles. The fourth-order valence-electron chi connectivity index (χ4n) is 2.40.